The van der Waals surface area contributed by atoms with Gasteiger partial charge in [0.2, 0.25) is 23.6 Å². The molecule has 4 amide bonds. The van der Waals surface area contributed by atoms with E-state index in [4.69, 9.17) is 5.73 Å². The van der Waals surface area contributed by atoms with Gasteiger partial charge in [-0.15, -0.1) is 0 Å². The van der Waals surface area contributed by atoms with Crippen molar-refractivity contribution in [3.8, 4) is 0 Å². The summed E-state index contributed by atoms with van der Waals surface area (Å²) >= 11 is 0. The Morgan fingerprint density at radius 3 is 2.00 bits per heavy atom. The van der Waals surface area contributed by atoms with Crippen LogP contribution in [0.25, 0.3) is 0 Å². The van der Waals surface area contributed by atoms with Crippen molar-refractivity contribution in [2.75, 3.05) is 13.1 Å². The molecule has 0 spiro atoms. The highest BCUT2D eigenvalue weighted by atomic mass is 16.4. The molecule has 4 atom stereocenters. The number of likely N-dealkylation sites (tertiary alicyclic amines) is 1. The highest BCUT2D eigenvalue weighted by Crippen LogP contribution is 2.20. The first-order valence-electron chi connectivity index (χ1n) is 10.5. The van der Waals surface area contributed by atoms with Crippen molar-refractivity contribution in [2.24, 2.45) is 17.6 Å². The Morgan fingerprint density at radius 1 is 0.935 bits per heavy atom. The van der Waals surface area contributed by atoms with Gasteiger partial charge in [-0.05, 0) is 31.6 Å². The van der Waals surface area contributed by atoms with Gasteiger partial charge in [0, 0.05) is 6.54 Å². The minimum atomic E-state index is -1.07. The molecular formula is C20H35N5O6. The SMILES string of the molecule is CC(C)[C@H](NC(=O)CN)C(=O)N[C@@H](C)C(=O)N[C@H](C(=O)N1CCC[C@H]1C(=O)O)C(C)C. The summed E-state index contributed by atoms with van der Waals surface area (Å²) < 4.78 is 0. The van der Waals surface area contributed by atoms with Crippen molar-refractivity contribution in [1.82, 2.24) is 20.9 Å². The molecule has 1 rings (SSSR count). The van der Waals surface area contributed by atoms with Crippen LogP contribution >= 0.6 is 0 Å². The van der Waals surface area contributed by atoms with Crippen LogP contribution in [0.1, 0.15) is 47.5 Å². The van der Waals surface area contributed by atoms with Gasteiger partial charge < -0.3 is 31.7 Å². The number of carbonyl (C=O) groups is 5. The molecule has 0 aliphatic carbocycles. The number of nitrogens with two attached hydrogens (primary N) is 1. The van der Waals surface area contributed by atoms with Crippen molar-refractivity contribution in [1.29, 1.82) is 0 Å². The average molecular weight is 442 g/mol. The summed E-state index contributed by atoms with van der Waals surface area (Å²) in [6.45, 7) is 8.50. The third-order valence-electron chi connectivity index (χ3n) is 5.25. The number of amides is 4. The summed E-state index contributed by atoms with van der Waals surface area (Å²) in [5.74, 6) is -3.67. The smallest absolute Gasteiger partial charge is 0.326 e. The summed E-state index contributed by atoms with van der Waals surface area (Å²) in [6.07, 6.45) is 0.955. The summed E-state index contributed by atoms with van der Waals surface area (Å²) in [7, 11) is 0. The lowest BCUT2D eigenvalue weighted by Crippen LogP contribution is -2.59. The highest BCUT2D eigenvalue weighted by Gasteiger charge is 2.39. The number of nitrogens with zero attached hydrogens (tertiary/aromatic N) is 1. The van der Waals surface area contributed by atoms with E-state index in [1.807, 2.05) is 0 Å². The minimum absolute atomic E-state index is 0.237. The summed E-state index contributed by atoms with van der Waals surface area (Å²) in [4.78, 5) is 62.4. The number of carboxylic acids is 1. The van der Waals surface area contributed by atoms with Gasteiger partial charge in [0.15, 0.2) is 0 Å². The fraction of sp³-hybridized carbons (Fsp3) is 0.750. The zero-order chi connectivity index (χ0) is 23.9. The molecule has 0 radical (unpaired) electrons. The van der Waals surface area contributed by atoms with Crippen LogP contribution in [0.4, 0.5) is 0 Å². The quantitative estimate of drug-likeness (QED) is 0.283. The van der Waals surface area contributed by atoms with Gasteiger partial charge in [0.25, 0.3) is 0 Å². The van der Waals surface area contributed by atoms with Gasteiger partial charge >= 0.3 is 5.97 Å². The number of aliphatic carboxylic acids is 1. The second kappa shape index (κ2) is 11.6. The van der Waals surface area contributed by atoms with E-state index < -0.39 is 53.8 Å². The lowest BCUT2D eigenvalue weighted by Gasteiger charge is -2.30. The maximum Gasteiger partial charge on any atom is 0.326 e. The predicted octanol–water partition coefficient (Wildman–Crippen LogP) is -1.19. The third-order valence-corrected chi connectivity index (χ3v) is 5.25. The third kappa shape index (κ3) is 7.20. The maximum absolute atomic E-state index is 12.9. The number of rotatable bonds is 10. The van der Waals surface area contributed by atoms with Crippen LogP contribution in [0.5, 0.6) is 0 Å². The van der Waals surface area contributed by atoms with Gasteiger partial charge in [-0.2, -0.15) is 0 Å². The van der Waals surface area contributed by atoms with Crippen molar-refractivity contribution in [3.63, 3.8) is 0 Å². The molecule has 11 heteroatoms. The second-order valence-electron chi connectivity index (χ2n) is 8.48. The van der Waals surface area contributed by atoms with Crippen LogP contribution in [-0.4, -0.2) is 76.9 Å². The fourth-order valence-electron chi connectivity index (χ4n) is 3.39. The highest BCUT2D eigenvalue weighted by molar-refractivity contribution is 5.95. The molecular weight excluding hydrogens is 406 g/mol. The van der Waals surface area contributed by atoms with Crippen molar-refractivity contribution >= 4 is 29.6 Å². The molecule has 1 aliphatic heterocycles. The standard InChI is InChI=1S/C20H35N5O6/c1-10(2)15(23-14(26)9-21)18(28)22-12(5)17(27)24-16(11(3)4)19(29)25-8-6-7-13(25)20(30)31/h10-13,15-16H,6-9,21H2,1-5H3,(H,22,28)(H,23,26)(H,24,27)(H,30,31)/t12-,13-,15-,16-/m0/s1. The Balaban J connectivity index is 2.83. The van der Waals surface area contributed by atoms with Gasteiger partial charge in [-0.3, -0.25) is 19.2 Å². The molecule has 1 aliphatic rings. The number of nitrogens with one attached hydrogen (secondary N) is 3. The fourth-order valence-corrected chi connectivity index (χ4v) is 3.39. The molecule has 176 valence electrons. The van der Waals surface area contributed by atoms with Crippen LogP contribution in [0.15, 0.2) is 0 Å². The average Bonchev–Trinajstić information content (AvgIpc) is 3.18. The lowest BCUT2D eigenvalue weighted by atomic mass is 10.0. The summed E-state index contributed by atoms with van der Waals surface area (Å²) in [6, 6.07) is -3.67. The molecule has 1 fully saturated rings. The predicted molar refractivity (Wildman–Crippen MR) is 113 cm³/mol. The van der Waals surface area contributed by atoms with Crippen molar-refractivity contribution < 1.29 is 29.1 Å². The zero-order valence-corrected chi connectivity index (χ0v) is 18.8. The van der Waals surface area contributed by atoms with E-state index in [1.165, 1.54) is 11.8 Å². The van der Waals surface area contributed by atoms with E-state index >= 15 is 0 Å². The molecule has 11 nitrogen and oxygen atoms in total. The van der Waals surface area contributed by atoms with E-state index in [1.54, 1.807) is 27.7 Å². The van der Waals surface area contributed by atoms with Crippen LogP contribution in [0.3, 0.4) is 0 Å². The monoisotopic (exact) mass is 441 g/mol. The van der Waals surface area contributed by atoms with E-state index in [0.717, 1.165) is 0 Å². The molecule has 0 aromatic heterocycles. The van der Waals surface area contributed by atoms with Crippen LogP contribution in [0.2, 0.25) is 0 Å². The largest absolute Gasteiger partial charge is 0.480 e. The molecule has 31 heavy (non-hydrogen) atoms. The van der Waals surface area contributed by atoms with Gasteiger partial charge in [-0.25, -0.2) is 4.79 Å². The Kier molecular flexibility index (Phi) is 9.89. The molecule has 6 N–H and O–H groups in total. The number of hydrogen-bond donors (Lipinski definition) is 5. The van der Waals surface area contributed by atoms with Crippen LogP contribution in [-0.2, 0) is 24.0 Å². The van der Waals surface area contributed by atoms with E-state index in [-0.39, 0.29) is 18.4 Å². The number of hydrogen-bond acceptors (Lipinski definition) is 6. The number of carbonyl (C=O) groups excluding carboxylic acids is 4. The first-order valence-corrected chi connectivity index (χ1v) is 10.5. The van der Waals surface area contributed by atoms with Gasteiger partial charge in [-0.1, -0.05) is 27.7 Å². The molecule has 1 heterocycles. The Hall–Kier alpha value is -2.69. The van der Waals surface area contributed by atoms with Crippen LogP contribution in [0, 0.1) is 11.8 Å². The van der Waals surface area contributed by atoms with E-state index in [0.29, 0.717) is 19.4 Å². The minimum Gasteiger partial charge on any atom is -0.480 e. The van der Waals surface area contributed by atoms with E-state index in [2.05, 4.69) is 16.0 Å². The first-order chi connectivity index (χ1) is 14.4. The molecule has 0 bridgehead atoms. The molecule has 0 aromatic rings. The topological polar surface area (TPSA) is 171 Å². The number of carboxylic acid groups (broad SMARTS) is 1. The molecule has 1 saturated heterocycles. The normalized spacial score (nSPS) is 19.0. The molecule has 0 saturated carbocycles. The Labute approximate surface area is 182 Å². The molecule has 0 aromatic carbocycles. The van der Waals surface area contributed by atoms with Crippen molar-refractivity contribution in [3.05, 3.63) is 0 Å². The second-order valence-corrected chi connectivity index (χ2v) is 8.48. The summed E-state index contributed by atoms with van der Waals surface area (Å²) in [5, 5.41) is 17.0. The Bertz CT molecular complexity index is 696. The molecule has 0 unspecified atom stereocenters. The van der Waals surface area contributed by atoms with Gasteiger partial charge in [0.1, 0.15) is 24.2 Å². The lowest BCUT2D eigenvalue weighted by molar-refractivity contribution is -0.150. The van der Waals surface area contributed by atoms with Crippen LogP contribution < -0.4 is 21.7 Å². The van der Waals surface area contributed by atoms with E-state index in [9.17, 15) is 29.1 Å². The first kappa shape index (κ1) is 26.3. The summed E-state index contributed by atoms with van der Waals surface area (Å²) in [5.41, 5.74) is 5.28. The Morgan fingerprint density at radius 2 is 1.52 bits per heavy atom. The van der Waals surface area contributed by atoms with Gasteiger partial charge in [0.05, 0.1) is 6.54 Å². The van der Waals surface area contributed by atoms with Crippen molar-refractivity contribution in [2.45, 2.75) is 71.6 Å². The zero-order valence-electron chi connectivity index (χ0n) is 18.8. The maximum atomic E-state index is 12.9.